The second kappa shape index (κ2) is 10.1. The van der Waals surface area contributed by atoms with Gasteiger partial charge in [-0.3, -0.25) is 4.98 Å². The van der Waals surface area contributed by atoms with E-state index in [0.717, 1.165) is 42.3 Å². The molecule has 0 spiro atoms. The molecule has 0 saturated carbocycles. The van der Waals surface area contributed by atoms with Crippen LogP contribution in [0.1, 0.15) is 29.9 Å². The summed E-state index contributed by atoms with van der Waals surface area (Å²) < 4.78 is 15.7. The topological polar surface area (TPSA) is 45.1 Å². The number of rotatable bonds is 8. The van der Waals surface area contributed by atoms with Gasteiger partial charge in [-0.05, 0) is 79.3 Å². The van der Waals surface area contributed by atoms with Gasteiger partial charge in [-0.2, -0.15) is 0 Å². The Morgan fingerprint density at radius 1 is 0.941 bits per heavy atom. The average Bonchev–Trinajstić information content (AvgIpc) is 3.48. The van der Waals surface area contributed by atoms with Gasteiger partial charge in [-0.1, -0.05) is 24.3 Å². The van der Waals surface area contributed by atoms with E-state index in [4.69, 9.17) is 12.2 Å². The molecule has 7 heteroatoms. The van der Waals surface area contributed by atoms with Crippen LogP contribution in [0.5, 0.6) is 0 Å². The number of thiocarbonyl (C=S) groups is 1. The molecular weight excluding hydrogens is 445 g/mol. The molecule has 0 bridgehead atoms. The normalized spacial score (nSPS) is 17.6. The average molecular weight is 472 g/mol. The van der Waals surface area contributed by atoms with Crippen molar-refractivity contribution in [2.45, 2.75) is 18.5 Å². The first-order valence-electron chi connectivity index (χ1n) is 11.4. The molecular formula is C27H26FN5S. The van der Waals surface area contributed by atoms with Gasteiger partial charge in [0.2, 0.25) is 0 Å². The first-order chi connectivity index (χ1) is 16.7. The minimum absolute atomic E-state index is 0.0563. The Morgan fingerprint density at radius 2 is 1.74 bits per heavy atom. The van der Waals surface area contributed by atoms with Gasteiger partial charge in [0.25, 0.3) is 0 Å². The van der Waals surface area contributed by atoms with E-state index in [1.807, 2.05) is 54.9 Å². The fourth-order valence-corrected chi connectivity index (χ4v) is 4.81. The molecule has 0 radical (unpaired) electrons. The molecule has 1 aliphatic heterocycles. The third kappa shape index (κ3) is 4.65. The number of hydrogen-bond donors (Lipinski definition) is 2. The fourth-order valence-electron chi connectivity index (χ4n) is 4.48. The molecule has 34 heavy (non-hydrogen) atoms. The van der Waals surface area contributed by atoms with Crippen molar-refractivity contribution in [1.29, 1.82) is 0 Å². The van der Waals surface area contributed by atoms with Crippen molar-refractivity contribution in [3.63, 3.8) is 0 Å². The number of hydrogen-bond acceptors (Lipinski definition) is 3. The summed E-state index contributed by atoms with van der Waals surface area (Å²) in [6, 6.07) is 26.7. The molecule has 1 saturated heterocycles. The Balaban J connectivity index is 1.42. The van der Waals surface area contributed by atoms with Gasteiger partial charge < -0.3 is 20.1 Å². The molecule has 4 aromatic rings. The van der Waals surface area contributed by atoms with Gasteiger partial charge in [-0.25, -0.2) is 4.39 Å². The molecule has 1 fully saturated rings. The van der Waals surface area contributed by atoms with Crippen LogP contribution in [0.2, 0.25) is 0 Å². The van der Waals surface area contributed by atoms with Crippen LogP contribution in [0.4, 0.5) is 10.1 Å². The summed E-state index contributed by atoms with van der Waals surface area (Å²) in [5.74, 6) is -0.250. The lowest BCUT2D eigenvalue weighted by Crippen LogP contribution is -2.32. The zero-order valence-corrected chi connectivity index (χ0v) is 19.5. The van der Waals surface area contributed by atoms with E-state index in [0.29, 0.717) is 5.11 Å². The zero-order valence-electron chi connectivity index (χ0n) is 18.6. The van der Waals surface area contributed by atoms with Crippen molar-refractivity contribution in [3.05, 3.63) is 115 Å². The van der Waals surface area contributed by atoms with E-state index < -0.39 is 0 Å². The van der Waals surface area contributed by atoms with Crippen LogP contribution in [0.25, 0.3) is 5.69 Å². The highest BCUT2D eigenvalue weighted by atomic mass is 32.1. The van der Waals surface area contributed by atoms with Gasteiger partial charge in [-0.15, -0.1) is 0 Å². The largest absolute Gasteiger partial charge is 0.385 e. The van der Waals surface area contributed by atoms with Crippen LogP contribution < -0.4 is 10.6 Å². The first kappa shape index (κ1) is 22.1. The molecule has 5 nitrogen and oxygen atoms in total. The van der Waals surface area contributed by atoms with Crippen LogP contribution in [0, 0.1) is 5.82 Å². The highest BCUT2D eigenvalue weighted by Gasteiger charge is 2.40. The summed E-state index contributed by atoms with van der Waals surface area (Å²) in [6.45, 7) is 1.62. The van der Waals surface area contributed by atoms with Crippen molar-refractivity contribution < 1.29 is 4.39 Å². The monoisotopic (exact) mass is 471 g/mol. The lowest BCUT2D eigenvalue weighted by molar-refractivity contribution is 0.307. The molecule has 2 atom stereocenters. The van der Waals surface area contributed by atoms with E-state index >= 15 is 0 Å². The van der Waals surface area contributed by atoms with Crippen molar-refractivity contribution in [2.24, 2.45) is 0 Å². The predicted molar refractivity (Wildman–Crippen MR) is 137 cm³/mol. The summed E-state index contributed by atoms with van der Waals surface area (Å²) in [6.07, 6.45) is 4.73. The number of aromatic nitrogens is 2. The molecule has 1 aliphatic rings. The minimum Gasteiger partial charge on any atom is -0.385 e. The minimum atomic E-state index is -0.250. The van der Waals surface area contributed by atoms with E-state index in [1.54, 1.807) is 12.1 Å². The van der Waals surface area contributed by atoms with Crippen molar-refractivity contribution >= 4 is 23.0 Å². The third-order valence-electron chi connectivity index (χ3n) is 6.06. The number of halogens is 1. The summed E-state index contributed by atoms with van der Waals surface area (Å²) in [4.78, 5) is 6.87. The van der Waals surface area contributed by atoms with Crippen LogP contribution in [0.3, 0.4) is 0 Å². The number of nitrogens with one attached hydrogen (secondary N) is 2. The van der Waals surface area contributed by atoms with Gasteiger partial charge in [0, 0.05) is 42.6 Å². The van der Waals surface area contributed by atoms with Crippen LogP contribution in [-0.2, 0) is 0 Å². The van der Waals surface area contributed by atoms with E-state index in [1.165, 1.54) is 12.1 Å². The number of nitrogens with zero attached hydrogens (tertiary/aromatic N) is 3. The molecule has 0 amide bonds. The molecule has 3 heterocycles. The quantitative estimate of drug-likeness (QED) is 0.263. The molecule has 5 rings (SSSR count). The highest BCUT2D eigenvalue weighted by molar-refractivity contribution is 7.80. The molecule has 0 unspecified atom stereocenters. The Bertz CT molecular complexity index is 1230. The number of benzene rings is 2. The maximum atomic E-state index is 13.6. The summed E-state index contributed by atoms with van der Waals surface area (Å²) in [5, 5.41) is 7.70. The smallest absolute Gasteiger partial charge is 0.170 e. The lowest BCUT2D eigenvalue weighted by atomic mass is 10.0. The van der Waals surface area contributed by atoms with Crippen LogP contribution in [-0.4, -0.2) is 32.7 Å². The Labute approximate surface area is 204 Å². The van der Waals surface area contributed by atoms with Crippen LogP contribution in [0.15, 0.2) is 97.3 Å². The molecule has 2 N–H and O–H groups in total. The van der Waals surface area contributed by atoms with E-state index in [-0.39, 0.29) is 17.9 Å². The molecule has 172 valence electrons. The van der Waals surface area contributed by atoms with E-state index in [2.05, 4.69) is 43.3 Å². The molecule has 2 aromatic carbocycles. The number of anilines is 1. The second-order valence-electron chi connectivity index (χ2n) is 8.25. The summed E-state index contributed by atoms with van der Waals surface area (Å²) in [5.41, 5.74) is 4.03. The van der Waals surface area contributed by atoms with E-state index in [9.17, 15) is 4.39 Å². The maximum absolute atomic E-state index is 13.6. The van der Waals surface area contributed by atoms with Gasteiger partial charge in [0.15, 0.2) is 5.11 Å². The van der Waals surface area contributed by atoms with Crippen molar-refractivity contribution in [1.82, 2.24) is 19.8 Å². The highest BCUT2D eigenvalue weighted by Crippen LogP contribution is 2.39. The van der Waals surface area contributed by atoms with Gasteiger partial charge in [0.1, 0.15) is 5.82 Å². The third-order valence-corrected chi connectivity index (χ3v) is 6.42. The number of para-hydroxylation sites is 1. The molecule has 2 aromatic heterocycles. The van der Waals surface area contributed by atoms with Gasteiger partial charge in [0.05, 0.1) is 17.8 Å². The molecule has 0 aliphatic carbocycles. The van der Waals surface area contributed by atoms with Crippen LogP contribution >= 0.6 is 12.2 Å². The summed E-state index contributed by atoms with van der Waals surface area (Å²) >= 11 is 5.80. The standard InChI is InChI=1S/C27H26FN5S/c28-20-12-14-22(15-13-20)32-18-6-11-24(32)26-25(23-10-4-5-16-30-23)31-27(34)33(26)19-7-17-29-21-8-2-1-3-9-21/h1-6,8-16,18,25-26,29H,7,17,19H2,(H,31,34)/t25-,26+/m0/s1. The Hall–Kier alpha value is -3.71. The first-order valence-corrected chi connectivity index (χ1v) is 11.8. The predicted octanol–water partition coefficient (Wildman–Crippen LogP) is 5.49. The van der Waals surface area contributed by atoms with Crippen molar-refractivity contribution in [2.75, 3.05) is 18.4 Å². The Kier molecular flexibility index (Phi) is 6.53. The lowest BCUT2D eigenvalue weighted by Gasteiger charge is -2.29. The van der Waals surface area contributed by atoms with Crippen molar-refractivity contribution in [3.8, 4) is 5.69 Å². The zero-order chi connectivity index (χ0) is 23.3. The number of pyridine rings is 1. The van der Waals surface area contributed by atoms with Gasteiger partial charge >= 0.3 is 0 Å². The maximum Gasteiger partial charge on any atom is 0.170 e. The summed E-state index contributed by atoms with van der Waals surface area (Å²) in [7, 11) is 0. The second-order valence-corrected chi connectivity index (χ2v) is 8.63. The SMILES string of the molecule is Fc1ccc(-n2cccc2[C@@H]2[C@H](c3ccccn3)NC(=S)N2CCCNc2ccccc2)cc1. The fraction of sp³-hybridized carbons (Fsp3) is 0.185. The Morgan fingerprint density at radius 3 is 2.50 bits per heavy atom.